The Hall–Kier alpha value is 0. The van der Waals surface area contributed by atoms with E-state index in [9.17, 15) is 0 Å². The van der Waals surface area contributed by atoms with E-state index in [2.05, 4.69) is 55.4 Å². The van der Waals surface area contributed by atoms with Crippen LogP contribution in [0.1, 0.15) is 752 Å². The summed E-state index contributed by atoms with van der Waals surface area (Å²) in [6.45, 7) is 50.5. The zero-order valence-corrected chi connectivity index (χ0v) is 84.0. The minimum Gasteiger partial charge on any atom is -0.0776 e. The van der Waals surface area contributed by atoms with Crippen LogP contribution in [0.15, 0.2) is 0 Å². The Labute approximate surface area is 769 Å². The normalized spacial score (nSPS) is 14.2. The van der Waals surface area contributed by atoms with Crippen molar-refractivity contribution in [2.24, 2.45) is 21.7 Å². The molecule has 0 aromatic heterocycles. The van der Waals surface area contributed by atoms with Gasteiger partial charge in [-0.3, -0.25) is 0 Å². The maximum Gasteiger partial charge on any atom is -0.0297 e. The molecule has 0 spiro atoms. The van der Waals surface area contributed by atoms with Gasteiger partial charge in [0, 0.05) is 0 Å². The first-order chi connectivity index (χ1) is 54.3. The van der Waals surface area contributed by atoms with E-state index in [-0.39, 0.29) is 59.4 Å². The molecule has 4 aliphatic carbocycles. The van der Waals surface area contributed by atoms with Crippen molar-refractivity contribution in [3.63, 3.8) is 0 Å². The van der Waals surface area contributed by atoms with Gasteiger partial charge in [-0.2, -0.15) is 0 Å². The van der Waals surface area contributed by atoms with Gasteiger partial charge in [0.15, 0.2) is 0 Å². The fraction of sp³-hybridized carbons (Fsp3) is 1.00. The third-order valence-electron chi connectivity index (χ3n) is 25.6. The zero-order valence-electron chi connectivity index (χ0n) is 84.0. The molecule has 0 radical (unpaired) electrons. The molecule has 0 aliphatic heterocycles. The Morgan fingerprint density at radius 2 is 0.186 bits per heavy atom. The molecule has 118 heavy (non-hydrogen) atoms. The van der Waals surface area contributed by atoms with Crippen LogP contribution in [0.25, 0.3) is 0 Å². The predicted molar refractivity (Wildman–Crippen MR) is 578 cm³/mol. The maximum absolute atomic E-state index is 2.32. The zero-order chi connectivity index (χ0) is 84.0. The standard InChI is InChI=1S/C28H56.C26H52.C22H44.C18H36.8C2H6.8CH4/c1-3-5-7-9-11-13-15-17-20-24-28(26-22-19-23-27-28)25-21-18-16-14-12-10-8-6-4-2;1-3-5-7-9-11-13-15-18-22-26(24-20-17-21-25-26)23-19-16-14-12-10-8-6-4-2;1-3-5-7-9-11-14-18-22(20-16-13-17-21-22)19-15-12-10-8-6-4-2;1-3-5-7-10-14-18(15-11-8-6-4-2)16-12-9-13-17-18;8*1-2;;;;;;;;/h3-27H2,1-2H3;3-25H2,1-2H3;3-21H2,1-2H3;3-17H2,1-2H3;8*1-2H3;8*1H4. The van der Waals surface area contributed by atoms with Gasteiger partial charge in [-0.15, -0.1) is 0 Å². The Bertz CT molecular complexity index is 1320. The van der Waals surface area contributed by atoms with Crippen LogP contribution in [-0.4, -0.2) is 0 Å². The van der Waals surface area contributed by atoms with E-state index in [1.165, 1.54) is 424 Å². The van der Waals surface area contributed by atoms with E-state index in [0.717, 1.165) is 21.7 Å². The highest BCUT2D eigenvalue weighted by Crippen LogP contribution is 2.48. The monoisotopic (exact) mass is 1690 g/mol. The molecule has 4 saturated carbocycles. The van der Waals surface area contributed by atoms with E-state index < -0.39 is 0 Å². The van der Waals surface area contributed by atoms with E-state index in [1.54, 1.807) is 103 Å². The smallest absolute Gasteiger partial charge is 0.0297 e. The van der Waals surface area contributed by atoms with Gasteiger partial charge < -0.3 is 0 Å². The molecule has 4 aliphatic rings. The van der Waals surface area contributed by atoms with E-state index in [4.69, 9.17) is 0 Å². The SMILES string of the molecule is C.C.C.C.C.C.C.C.CC.CC.CC.CC.CC.CC.CC.CC.CCCCCCC1(CCCCCC)CCCCC1.CCCCCCCCC1(CCCCCCCC)CCCCC1.CCCCCCCCCCC1(CCCCCCCCCC)CCCCC1.CCCCCCCCCCCC1(CCCCCCCCCCC)CCCCC1. The molecule has 0 atom stereocenters. The van der Waals surface area contributed by atoms with Crippen molar-refractivity contribution in [1.29, 1.82) is 0 Å². The minimum atomic E-state index is 0. The molecule has 0 unspecified atom stereocenters. The molecule has 0 aromatic carbocycles. The van der Waals surface area contributed by atoms with Crippen molar-refractivity contribution in [2.75, 3.05) is 0 Å². The number of rotatable bonds is 62. The first kappa shape index (κ1) is 155. The third kappa shape index (κ3) is 110. The lowest BCUT2D eigenvalue weighted by molar-refractivity contribution is 0.146. The highest BCUT2D eigenvalue weighted by Gasteiger charge is 2.34. The molecule has 4 fully saturated rings. The van der Waals surface area contributed by atoms with Crippen LogP contribution in [0.2, 0.25) is 0 Å². The van der Waals surface area contributed by atoms with Gasteiger partial charge in [0.1, 0.15) is 0 Å². The topological polar surface area (TPSA) is 0 Å². The molecule has 0 amide bonds. The summed E-state index contributed by atoms with van der Waals surface area (Å²) in [5.41, 5.74) is 3.08. The van der Waals surface area contributed by atoms with Crippen LogP contribution >= 0.6 is 0 Å². The van der Waals surface area contributed by atoms with Gasteiger partial charge in [0.2, 0.25) is 0 Å². The highest BCUT2D eigenvalue weighted by molar-refractivity contribution is 4.86. The molecule has 0 heteroatoms. The fourth-order valence-corrected chi connectivity index (χ4v) is 19.0. The summed E-state index contributed by atoms with van der Waals surface area (Å²) in [4.78, 5) is 0. The molecule has 0 nitrogen and oxygen atoms in total. The van der Waals surface area contributed by atoms with Crippen LogP contribution in [-0.2, 0) is 0 Å². The summed E-state index contributed by atoms with van der Waals surface area (Å²) < 4.78 is 0. The molecule has 4 rings (SSSR count). The second kappa shape index (κ2) is 140. The van der Waals surface area contributed by atoms with Crippen molar-refractivity contribution < 1.29 is 0 Å². The second-order valence-corrected chi connectivity index (χ2v) is 34.5. The molecule has 740 valence electrons. The van der Waals surface area contributed by atoms with Gasteiger partial charge in [-0.05, 0) is 124 Å². The molecule has 0 N–H and O–H groups in total. The average molecular weight is 1690 g/mol. The van der Waals surface area contributed by atoms with Crippen molar-refractivity contribution in [3.8, 4) is 0 Å². The highest BCUT2D eigenvalue weighted by atomic mass is 14.4. The molecule has 0 bridgehead atoms. The first-order valence-electron chi connectivity index (χ1n) is 54.3. The molecule has 0 saturated heterocycles. The largest absolute Gasteiger partial charge is 0.0776 e. The predicted octanol–water partition coefficient (Wildman–Crippen LogP) is 49.4. The lowest BCUT2D eigenvalue weighted by Gasteiger charge is -2.38. The van der Waals surface area contributed by atoms with Gasteiger partial charge in [0.25, 0.3) is 0 Å². The fourth-order valence-electron chi connectivity index (χ4n) is 19.0. The van der Waals surface area contributed by atoms with Crippen molar-refractivity contribution in [2.45, 2.75) is 752 Å². The van der Waals surface area contributed by atoms with E-state index in [0.29, 0.717) is 0 Å². The Morgan fingerprint density at radius 3 is 0.280 bits per heavy atom. The Balaban J connectivity index is -0.0000000781. The summed E-state index contributed by atoms with van der Waals surface area (Å²) in [7, 11) is 0. The molecule has 0 heterocycles. The number of unbranched alkanes of at least 4 members (excludes halogenated alkanes) is 46. The third-order valence-corrected chi connectivity index (χ3v) is 25.6. The van der Waals surface area contributed by atoms with Crippen molar-refractivity contribution in [1.82, 2.24) is 0 Å². The Kier molecular flexibility index (Phi) is 184. The van der Waals surface area contributed by atoms with Crippen LogP contribution in [0, 0.1) is 21.7 Å². The van der Waals surface area contributed by atoms with Gasteiger partial charge in [-0.1, -0.05) is 649 Å². The summed E-state index contributed by atoms with van der Waals surface area (Å²) in [5, 5.41) is 0. The number of hydrogen-bond acceptors (Lipinski definition) is 0. The van der Waals surface area contributed by atoms with Crippen LogP contribution in [0.4, 0.5) is 0 Å². The van der Waals surface area contributed by atoms with Crippen LogP contribution in [0.5, 0.6) is 0 Å². The van der Waals surface area contributed by atoms with E-state index >= 15 is 0 Å². The maximum atomic E-state index is 2.32. The lowest BCUT2D eigenvalue weighted by atomic mass is 9.68. The molecule has 0 aromatic rings. The van der Waals surface area contributed by atoms with Gasteiger partial charge in [-0.25, -0.2) is 0 Å². The quantitative estimate of drug-likeness (QED) is 0.0533. The van der Waals surface area contributed by atoms with Crippen LogP contribution in [0.3, 0.4) is 0 Å². The minimum absolute atomic E-state index is 0. The summed E-state index contributed by atoms with van der Waals surface area (Å²) in [6.07, 6.45) is 122. The summed E-state index contributed by atoms with van der Waals surface area (Å²) >= 11 is 0. The van der Waals surface area contributed by atoms with Gasteiger partial charge >= 0.3 is 0 Å². The summed E-state index contributed by atoms with van der Waals surface area (Å²) in [5.74, 6) is 0. The lowest BCUT2D eigenvalue weighted by Crippen LogP contribution is -2.24. The van der Waals surface area contributed by atoms with Crippen LogP contribution < -0.4 is 0 Å². The van der Waals surface area contributed by atoms with E-state index in [1.807, 2.05) is 111 Å². The second-order valence-electron chi connectivity index (χ2n) is 34.5. The Morgan fingerprint density at radius 1 is 0.110 bits per heavy atom. The molecular weight excluding hydrogens is 1420 g/mol. The average Bonchev–Trinajstić information content (AvgIpc) is 0.879. The van der Waals surface area contributed by atoms with Gasteiger partial charge in [0.05, 0.1) is 0 Å². The van der Waals surface area contributed by atoms with Crippen molar-refractivity contribution in [3.05, 3.63) is 0 Å². The van der Waals surface area contributed by atoms with Crippen molar-refractivity contribution >= 4 is 0 Å². The molecular formula is C118H268. The summed E-state index contributed by atoms with van der Waals surface area (Å²) in [6, 6.07) is 0. The first-order valence-corrected chi connectivity index (χ1v) is 54.3. The number of hydrogen-bond donors (Lipinski definition) is 0.